The van der Waals surface area contributed by atoms with Crippen molar-refractivity contribution in [1.29, 1.82) is 0 Å². The minimum Gasteiger partial charge on any atom is -0.334 e. The van der Waals surface area contributed by atoms with Gasteiger partial charge in [0.25, 0.3) is 0 Å². The Morgan fingerprint density at radius 2 is 1.86 bits per heavy atom. The van der Waals surface area contributed by atoms with Crippen LogP contribution in [0.25, 0.3) is 5.57 Å². The van der Waals surface area contributed by atoms with Gasteiger partial charge in [0.1, 0.15) is 12.1 Å². The summed E-state index contributed by atoms with van der Waals surface area (Å²) >= 11 is 5.90. The molecule has 1 aromatic heterocycles. The Morgan fingerprint density at radius 1 is 1.14 bits per heavy atom. The Kier molecular flexibility index (Phi) is 5.45. The lowest BCUT2D eigenvalue weighted by Crippen LogP contribution is -2.39. The molecule has 3 aromatic rings. The van der Waals surface area contributed by atoms with E-state index in [1.807, 2.05) is 17.0 Å². The first-order valence-electron chi connectivity index (χ1n) is 9.39. The molecule has 5 nitrogen and oxygen atoms in total. The predicted octanol–water partition coefficient (Wildman–Crippen LogP) is 4.16. The molecule has 148 valence electrons. The van der Waals surface area contributed by atoms with Gasteiger partial charge in [-0.3, -0.25) is 4.57 Å². The largest absolute Gasteiger partial charge is 0.352 e. The molecule has 0 bridgehead atoms. The molecule has 1 aliphatic rings. The van der Waals surface area contributed by atoms with E-state index in [9.17, 15) is 9.18 Å². The number of benzene rings is 2. The van der Waals surface area contributed by atoms with Crippen LogP contribution < -0.4 is 10.6 Å². The molecule has 0 fully saturated rings. The minimum atomic E-state index is -0.342. The second kappa shape index (κ2) is 8.17. The van der Waals surface area contributed by atoms with Gasteiger partial charge in [-0.05, 0) is 54.3 Å². The molecule has 0 N–H and O–H groups in total. The summed E-state index contributed by atoms with van der Waals surface area (Å²) in [6.45, 7) is 3.05. The van der Waals surface area contributed by atoms with Crippen molar-refractivity contribution in [2.75, 3.05) is 11.4 Å². The molecule has 0 radical (unpaired) electrons. The van der Waals surface area contributed by atoms with Gasteiger partial charge in [0.15, 0.2) is 0 Å². The maximum atomic E-state index is 13.2. The van der Waals surface area contributed by atoms with E-state index in [1.54, 1.807) is 24.3 Å². The summed E-state index contributed by atoms with van der Waals surface area (Å²) in [4.78, 5) is 23.1. The van der Waals surface area contributed by atoms with Crippen molar-refractivity contribution in [1.82, 2.24) is 14.5 Å². The van der Waals surface area contributed by atoms with Crippen molar-refractivity contribution in [3.8, 4) is 0 Å². The highest BCUT2D eigenvalue weighted by Crippen LogP contribution is 2.28. The van der Waals surface area contributed by atoms with Gasteiger partial charge in [0, 0.05) is 17.6 Å². The fourth-order valence-corrected chi connectivity index (χ4v) is 3.59. The average molecular weight is 411 g/mol. The molecular weight excluding hydrogens is 391 g/mol. The Morgan fingerprint density at radius 3 is 2.52 bits per heavy atom. The van der Waals surface area contributed by atoms with Crippen LogP contribution in [0.15, 0.2) is 65.7 Å². The summed E-state index contributed by atoms with van der Waals surface area (Å²) in [6, 6.07) is 14.0. The molecule has 0 aliphatic carbocycles. The van der Waals surface area contributed by atoms with E-state index in [2.05, 4.69) is 23.0 Å². The van der Waals surface area contributed by atoms with Crippen LogP contribution in [0.2, 0.25) is 5.02 Å². The SMILES string of the molecule is CC1CC(c2ccc(F)cc2)=CCN1c1ncn(Cc2ccc(Cl)cc2)c(=O)n1. The first-order valence-corrected chi connectivity index (χ1v) is 9.77. The van der Waals surface area contributed by atoms with Crippen LogP contribution in [0.1, 0.15) is 24.5 Å². The lowest BCUT2D eigenvalue weighted by Gasteiger charge is -2.33. The van der Waals surface area contributed by atoms with Crippen molar-refractivity contribution in [2.45, 2.75) is 25.9 Å². The van der Waals surface area contributed by atoms with Crippen LogP contribution in [0.4, 0.5) is 10.3 Å². The first-order chi connectivity index (χ1) is 14.0. The zero-order valence-electron chi connectivity index (χ0n) is 15.9. The normalized spacial score (nSPS) is 16.6. The third-order valence-electron chi connectivity index (χ3n) is 5.07. The van der Waals surface area contributed by atoms with Crippen molar-refractivity contribution in [2.24, 2.45) is 0 Å². The molecule has 4 rings (SSSR count). The zero-order valence-corrected chi connectivity index (χ0v) is 16.7. The number of anilines is 1. The average Bonchev–Trinajstić information content (AvgIpc) is 2.72. The van der Waals surface area contributed by atoms with Gasteiger partial charge in [-0.25, -0.2) is 14.2 Å². The molecule has 2 heterocycles. The van der Waals surface area contributed by atoms with E-state index in [0.717, 1.165) is 23.1 Å². The number of rotatable bonds is 4. The van der Waals surface area contributed by atoms with E-state index in [0.29, 0.717) is 24.1 Å². The van der Waals surface area contributed by atoms with Crippen molar-refractivity contribution in [3.05, 3.63) is 93.4 Å². The van der Waals surface area contributed by atoms with Crippen molar-refractivity contribution >= 4 is 23.1 Å². The van der Waals surface area contributed by atoms with Gasteiger partial charge in [0.2, 0.25) is 5.95 Å². The molecule has 1 atom stereocenters. The summed E-state index contributed by atoms with van der Waals surface area (Å²) in [5.41, 5.74) is 2.78. The van der Waals surface area contributed by atoms with Crippen LogP contribution >= 0.6 is 11.6 Å². The molecule has 0 amide bonds. The molecule has 1 unspecified atom stereocenters. The van der Waals surface area contributed by atoms with Gasteiger partial charge in [0.05, 0.1) is 6.54 Å². The Balaban J connectivity index is 1.51. The number of nitrogens with zero attached hydrogens (tertiary/aromatic N) is 4. The highest BCUT2D eigenvalue weighted by Gasteiger charge is 2.23. The molecule has 29 heavy (non-hydrogen) atoms. The summed E-state index contributed by atoms with van der Waals surface area (Å²) in [7, 11) is 0. The maximum Gasteiger partial charge on any atom is 0.352 e. The monoisotopic (exact) mass is 410 g/mol. The molecule has 7 heteroatoms. The second-order valence-corrected chi connectivity index (χ2v) is 7.57. The number of hydrogen-bond acceptors (Lipinski definition) is 4. The summed E-state index contributed by atoms with van der Waals surface area (Å²) in [6.07, 6.45) is 4.38. The Bertz CT molecular complexity index is 1090. The third kappa shape index (κ3) is 4.38. The fraction of sp³-hybridized carbons (Fsp3) is 0.227. The zero-order chi connectivity index (χ0) is 20.4. The van der Waals surface area contributed by atoms with E-state index in [1.165, 1.54) is 23.0 Å². The number of aromatic nitrogens is 3. The summed E-state index contributed by atoms with van der Waals surface area (Å²) < 4.78 is 14.6. The summed E-state index contributed by atoms with van der Waals surface area (Å²) in [5, 5.41) is 0.653. The third-order valence-corrected chi connectivity index (χ3v) is 5.33. The van der Waals surface area contributed by atoms with Crippen LogP contribution in [-0.4, -0.2) is 27.1 Å². The maximum absolute atomic E-state index is 13.2. The number of hydrogen-bond donors (Lipinski definition) is 0. The van der Waals surface area contributed by atoms with E-state index in [4.69, 9.17) is 11.6 Å². The fourth-order valence-electron chi connectivity index (χ4n) is 3.46. The molecule has 0 spiro atoms. The molecule has 2 aromatic carbocycles. The Hall–Kier alpha value is -2.99. The van der Waals surface area contributed by atoms with E-state index in [-0.39, 0.29) is 17.5 Å². The molecule has 1 aliphatic heterocycles. The Labute approximate surface area is 173 Å². The molecular formula is C22H20ClFN4O. The van der Waals surface area contributed by atoms with Crippen molar-refractivity contribution < 1.29 is 4.39 Å². The standard InChI is InChI=1S/C22H20ClFN4O/c1-15-12-18(17-4-8-20(24)9-5-17)10-11-28(15)21-25-14-27(22(29)26-21)13-16-2-6-19(23)7-3-16/h2-10,14-15H,11-13H2,1H3. The quantitative estimate of drug-likeness (QED) is 0.648. The molecule has 0 saturated heterocycles. The topological polar surface area (TPSA) is 51.0 Å². The van der Waals surface area contributed by atoms with E-state index < -0.39 is 0 Å². The van der Waals surface area contributed by atoms with Gasteiger partial charge in [-0.1, -0.05) is 41.9 Å². The van der Waals surface area contributed by atoms with Crippen LogP contribution in [-0.2, 0) is 6.54 Å². The predicted molar refractivity (Wildman–Crippen MR) is 113 cm³/mol. The van der Waals surface area contributed by atoms with Crippen molar-refractivity contribution in [3.63, 3.8) is 0 Å². The smallest absolute Gasteiger partial charge is 0.334 e. The minimum absolute atomic E-state index is 0.117. The van der Waals surface area contributed by atoms with Crippen LogP contribution in [0.3, 0.4) is 0 Å². The second-order valence-electron chi connectivity index (χ2n) is 7.14. The first kappa shape index (κ1) is 19.3. The van der Waals surface area contributed by atoms with Gasteiger partial charge >= 0.3 is 5.69 Å². The number of halogens is 2. The van der Waals surface area contributed by atoms with Crippen LogP contribution in [0, 0.1) is 5.82 Å². The lowest BCUT2D eigenvalue weighted by atomic mass is 9.95. The molecule has 0 saturated carbocycles. The van der Waals surface area contributed by atoms with Gasteiger partial charge in [-0.2, -0.15) is 4.98 Å². The van der Waals surface area contributed by atoms with Gasteiger partial charge < -0.3 is 4.90 Å². The highest BCUT2D eigenvalue weighted by atomic mass is 35.5. The lowest BCUT2D eigenvalue weighted by molar-refractivity contribution is 0.620. The summed E-state index contributed by atoms with van der Waals surface area (Å²) in [5.74, 6) is 0.177. The highest BCUT2D eigenvalue weighted by molar-refractivity contribution is 6.30. The van der Waals surface area contributed by atoms with Gasteiger partial charge in [-0.15, -0.1) is 0 Å². The van der Waals surface area contributed by atoms with E-state index >= 15 is 0 Å². The van der Waals surface area contributed by atoms with Crippen LogP contribution in [0.5, 0.6) is 0 Å².